The summed E-state index contributed by atoms with van der Waals surface area (Å²) in [6.45, 7) is 1.88. The largest absolute Gasteiger partial charge is 0.290 e. The van der Waals surface area contributed by atoms with Gasteiger partial charge in [-0.1, -0.05) is 18.2 Å². The molecule has 0 saturated carbocycles. The van der Waals surface area contributed by atoms with Crippen molar-refractivity contribution in [1.29, 1.82) is 10.7 Å². The number of nitrogens with zero attached hydrogens (tertiary/aromatic N) is 1. The Kier molecular flexibility index (Phi) is 4.07. The van der Waals surface area contributed by atoms with Gasteiger partial charge in [-0.3, -0.25) is 5.41 Å². The molecule has 0 heterocycles. The van der Waals surface area contributed by atoms with Crippen LogP contribution in [-0.2, 0) is 0 Å². The van der Waals surface area contributed by atoms with Crippen LogP contribution in [0.25, 0.3) is 0 Å². The Morgan fingerprint density at radius 1 is 1.56 bits per heavy atom. The standard InChI is InChI=1S/C7H8N2/c1-2-3-4-5-7(9)6-8/h2-5,9H,1H3/b3-2-,5-4-,9-7?. The second-order valence-electron chi connectivity index (χ2n) is 1.41. The number of nitrogens with one attached hydrogen (secondary N) is 1. The first-order chi connectivity index (χ1) is 4.31. The third-order valence-electron chi connectivity index (χ3n) is 0.687. The summed E-state index contributed by atoms with van der Waals surface area (Å²) in [6, 6.07) is 1.69. The average Bonchev–Trinajstić information content (AvgIpc) is 1.89. The Morgan fingerprint density at radius 2 is 2.22 bits per heavy atom. The van der Waals surface area contributed by atoms with Gasteiger partial charge in [0, 0.05) is 0 Å². The van der Waals surface area contributed by atoms with Crippen LogP contribution in [0.4, 0.5) is 0 Å². The van der Waals surface area contributed by atoms with Gasteiger partial charge in [0.15, 0.2) is 0 Å². The normalized spacial score (nSPS) is 10.2. The molecule has 2 heteroatoms. The van der Waals surface area contributed by atoms with Gasteiger partial charge in [-0.05, 0) is 13.0 Å². The van der Waals surface area contributed by atoms with Crippen molar-refractivity contribution < 1.29 is 0 Å². The molecule has 0 fully saturated rings. The summed E-state index contributed by atoms with van der Waals surface area (Å²) in [4.78, 5) is 0. The highest BCUT2D eigenvalue weighted by Crippen LogP contribution is 1.77. The Labute approximate surface area is 54.6 Å². The lowest BCUT2D eigenvalue weighted by Crippen LogP contribution is -1.80. The van der Waals surface area contributed by atoms with Gasteiger partial charge in [0.1, 0.15) is 11.8 Å². The summed E-state index contributed by atoms with van der Waals surface area (Å²) in [6.07, 6.45) is 6.71. The van der Waals surface area contributed by atoms with Crippen LogP contribution in [0.15, 0.2) is 24.3 Å². The Balaban J connectivity index is 3.75. The van der Waals surface area contributed by atoms with E-state index in [4.69, 9.17) is 10.7 Å². The van der Waals surface area contributed by atoms with Gasteiger partial charge in [0.25, 0.3) is 0 Å². The molecule has 1 N–H and O–H groups in total. The molecule has 0 aliphatic rings. The highest BCUT2D eigenvalue weighted by molar-refractivity contribution is 6.04. The first kappa shape index (κ1) is 7.64. The topological polar surface area (TPSA) is 47.6 Å². The van der Waals surface area contributed by atoms with E-state index in [0.29, 0.717) is 0 Å². The molecule has 0 rings (SSSR count). The molecule has 0 saturated heterocycles. The average molecular weight is 120 g/mol. The molecule has 0 radical (unpaired) electrons. The van der Waals surface area contributed by atoms with Gasteiger partial charge in [0.05, 0.1) is 0 Å². The molecule has 9 heavy (non-hydrogen) atoms. The van der Waals surface area contributed by atoms with Gasteiger partial charge in [-0.25, -0.2) is 0 Å². The second-order valence-corrected chi connectivity index (χ2v) is 1.41. The Bertz CT molecular complexity index is 182. The van der Waals surface area contributed by atoms with E-state index in [1.165, 1.54) is 6.08 Å². The fourth-order valence-corrected chi connectivity index (χ4v) is 0.300. The molecule has 2 nitrogen and oxygen atoms in total. The van der Waals surface area contributed by atoms with Crippen molar-refractivity contribution in [3.8, 4) is 6.07 Å². The minimum atomic E-state index is -0.0203. The van der Waals surface area contributed by atoms with Crippen LogP contribution in [0.2, 0.25) is 0 Å². The van der Waals surface area contributed by atoms with Gasteiger partial charge in [-0.2, -0.15) is 5.26 Å². The van der Waals surface area contributed by atoms with E-state index in [1.807, 2.05) is 13.0 Å². The van der Waals surface area contributed by atoms with Crippen molar-refractivity contribution in [3.05, 3.63) is 24.3 Å². The van der Waals surface area contributed by atoms with Crippen LogP contribution >= 0.6 is 0 Å². The molecule has 46 valence electrons. The third kappa shape index (κ3) is 4.49. The summed E-state index contributed by atoms with van der Waals surface area (Å²) in [5, 5.41) is 14.9. The van der Waals surface area contributed by atoms with Crippen LogP contribution in [0.5, 0.6) is 0 Å². The fraction of sp³-hybridized carbons (Fsp3) is 0.143. The van der Waals surface area contributed by atoms with Gasteiger partial charge < -0.3 is 0 Å². The van der Waals surface area contributed by atoms with Gasteiger partial charge >= 0.3 is 0 Å². The summed E-state index contributed by atoms with van der Waals surface area (Å²) in [7, 11) is 0. The van der Waals surface area contributed by atoms with E-state index in [0.717, 1.165) is 0 Å². The molecule has 0 spiro atoms. The van der Waals surface area contributed by atoms with Gasteiger partial charge in [0.2, 0.25) is 0 Å². The smallest absolute Gasteiger partial charge is 0.132 e. The quantitative estimate of drug-likeness (QED) is 0.437. The van der Waals surface area contributed by atoms with Gasteiger partial charge in [-0.15, -0.1) is 0 Å². The van der Waals surface area contributed by atoms with Crippen molar-refractivity contribution >= 4 is 5.71 Å². The number of allylic oxidation sites excluding steroid dienone is 4. The number of hydrogen-bond donors (Lipinski definition) is 1. The minimum absolute atomic E-state index is 0.0203. The molecule has 0 atom stereocenters. The second kappa shape index (κ2) is 4.79. The molecule has 0 aromatic rings. The molecule has 0 aromatic heterocycles. The summed E-state index contributed by atoms with van der Waals surface area (Å²) in [5.41, 5.74) is -0.0203. The highest BCUT2D eigenvalue weighted by atomic mass is 14.4. The van der Waals surface area contributed by atoms with E-state index >= 15 is 0 Å². The fourth-order valence-electron chi connectivity index (χ4n) is 0.300. The van der Waals surface area contributed by atoms with E-state index in [1.54, 1.807) is 18.2 Å². The van der Waals surface area contributed by atoms with E-state index in [9.17, 15) is 0 Å². The van der Waals surface area contributed by atoms with Crippen molar-refractivity contribution in [2.24, 2.45) is 0 Å². The molecule has 0 aliphatic heterocycles. The summed E-state index contributed by atoms with van der Waals surface area (Å²) >= 11 is 0. The van der Waals surface area contributed by atoms with Crippen molar-refractivity contribution in [1.82, 2.24) is 0 Å². The maximum Gasteiger partial charge on any atom is 0.132 e. The minimum Gasteiger partial charge on any atom is -0.290 e. The zero-order chi connectivity index (χ0) is 7.11. The number of rotatable bonds is 2. The predicted molar refractivity (Wildman–Crippen MR) is 37.3 cm³/mol. The van der Waals surface area contributed by atoms with Crippen molar-refractivity contribution in [3.63, 3.8) is 0 Å². The lowest BCUT2D eigenvalue weighted by atomic mass is 10.3. The third-order valence-corrected chi connectivity index (χ3v) is 0.687. The van der Waals surface area contributed by atoms with E-state index in [2.05, 4.69) is 0 Å². The SMILES string of the molecule is C/C=C\C=C/C(=N)C#N. The molecule has 0 aliphatic carbocycles. The molecular weight excluding hydrogens is 112 g/mol. The summed E-state index contributed by atoms with van der Waals surface area (Å²) < 4.78 is 0. The zero-order valence-electron chi connectivity index (χ0n) is 5.26. The van der Waals surface area contributed by atoms with Crippen molar-refractivity contribution in [2.75, 3.05) is 0 Å². The number of hydrogen-bond acceptors (Lipinski definition) is 2. The van der Waals surface area contributed by atoms with Crippen LogP contribution < -0.4 is 0 Å². The van der Waals surface area contributed by atoms with Crippen LogP contribution in [0, 0.1) is 16.7 Å². The van der Waals surface area contributed by atoms with Crippen LogP contribution in [-0.4, -0.2) is 5.71 Å². The maximum atomic E-state index is 8.08. The summed E-state index contributed by atoms with van der Waals surface area (Å²) in [5.74, 6) is 0. The lowest BCUT2D eigenvalue weighted by Gasteiger charge is -1.73. The molecular formula is C7H8N2. The van der Waals surface area contributed by atoms with Crippen LogP contribution in [0.1, 0.15) is 6.92 Å². The monoisotopic (exact) mass is 120 g/mol. The lowest BCUT2D eigenvalue weighted by molar-refractivity contribution is 1.49. The molecule has 0 unspecified atom stereocenters. The maximum absolute atomic E-state index is 8.08. The molecule has 0 aromatic carbocycles. The molecule has 0 amide bonds. The van der Waals surface area contributed by atoms with Crippen molar-refractivity contribution in [2.45, 2.75) is 6.92 Å². The van der Waals surface area contributed by atoms with E-state index < -0.39 is 0 Å². The highest BCUT2D eigenvalue weighted by Gasteiger charge is 1.78. The first-order valence-electron chi connectivity index (χ1n) is 2.59. The first-order valence-corrected chi connectivity index (χ1v) is 2.59. The zero-order valence-corrected chi connectivity index (χ0v) is 5.26. The van der Waals surface area contributed by atoms with Crippen LogP contribution in [0.3, 0.4) is 0 Å². The predicted octanol–water partition coefficient (Wildman–Crippen LogP) is 1.66. The van der Waals surface area contributed by atoms with E-state index in [-0.39, 0.29) is 5.71 Å². The number of nitriles is 1. The Morgan fingerprint density at radius 3 is 2.67 bits per heavy atom. The Hall–Kier alpha value is -1.36. The molecule has 0 bridgehead atoms.